The van der Waals surface area contributed by atoms with E-state index in [-0.39, 0.29) is 12.5 Å². The third kappa shape index (κ3) is 4.23. The number of sulfonamides is 1. The van der Waals surface area contributed by atoms with Crippen LogP contribution >= 0.6 is 0 Å². The van der Waals surface area contributed by atoms with Crippen molar-refractivity contribution in [1.29, 1.82) is 0 Å². The SMILES string of the molecule is CC(C)CONS(=O)(=O)c1cc([N+](=O)[O-])ccc1F. The van der Waals surface area contributed by atoms with Gasteiger partial charge in [-0.1, -0.05) is 18.7 Å². The van der Waals surface area contributed by atoms with Gasteiger partial charge in [0, 0.05) is 12.1 Å². The molecule has 0 spiro atoms. The van der Waals surface area contributed by atoms with Crippen LogP contribution in [0.4, 0.5) is 10.1 Å². The molecule has 1 N–H and O–H groups in total. The van der Waals surface area contributed by atoms with Crippen LogP contribution < -0.4 is 4.89 Å². The first-order chi connectivity index (χ1) is 8.74. The first-order valence-corrected chi connectivity index (χ1v) is 6.80. The van der Waals surface area contributed by atoms with E-state index in [4.69, 9.17) is 4.84 Å². The standard InChI is InChI=1S/C10H13FN2O5S/c1-7(2)6-18-12-19(16,17)10-5-8(13(14)15)3-4-9(10)11/h3-5,7,12H,6H2,1-2H3. The molecule has 0 aliphatic carbocycles. The van der Waals surface area contributed by atoms with Crippen LogP contribution in [0.5, 0.6) is 0 Å². The number of benzene rings is 1. The van der Waals surface area contributed by atoms with Crippen LogP contribution in [0.3, 0.4) is 0 Å². The largest absolute Gasteiger partial charge is 0.287 e. The number of hydrogen-bond acceptors (Lipinski definition) is 5. The minimum Gasteiger partial charge on any atom is -0.287 e. The molecule has 1 rings (SSSR count). The quantitative estimate of drug-likeness (QED) is 0.634. The summed E-state index contributed by atoms with van der Waals surface area (Å²) in [6.07, 6.45) is 0. The monoisotopic (exact) mass is 292 g/mol. The van der Waals surface area contributed by atoms with Gasteiger partial charge in [-0.25, -0.2) is 12.8 Å². The average molecular weight is 292 g/mol. The van der Waals surface area contributed by atoms with Crippen molar-refractivity contribution in [3.63, 3.8) is 0 Å². The molecule has 0 amide bonds. The van der Waals surface area contributed by atoms with E-state index in [9.17, 15) is 22.9 Å². The molecule has 7 nitrogen and oxygen atoms in total. The second-order valence-electron chi connectivity index (χ2n) is 4.16. The van der Waals surface area contributed by atoms with Crippen molar-refractivity contribution >= 4 is 15.7 Å². The Bertz CT molecular complexity index is 573. The zero-order valence-corrected chi connectivity index (χ0v) is 11.1. The van der Waals surface area contributed by atoms with Crippen molar-refractivity contribution in [1.82, 2.24) is 4.89 Å². The fourth-order valence-electron chi connectivity index (χ4n) is 1.13. The zero-order chi connectivity index (χ0) is 14.6. The van der Waals surface area contributed by atoms with Crippen LogP contribution in [-0.2, 0) is 14.9 Å². The van der Waals surface area contributed by atoms with Crippen LogP contribution in [0.1, 0.15) is 13.8 Å². The van der Waals surface area contributed by atoms with Crippen LogP contribution in [0.15, 0.2) is 23.1 Å². The molecular weight excluding hydrogens is 279 g/mol. The van der Waals surface area contributed by atoms with Crippen LogP contribution in [0, 0.1) is 21.8 Å². The predicted molar refractivity (Wildman–Crippen MR) is 64.2 cm³/mol. The summed E-state index contributed by atoms with van der Waals surface area (Å²) < 4.78 is 36.8. The first-order valence-electron chi connectivity index (χ1n) is 5.31. The van der Waals surface area contributed by atoms with Gasteiger partial charge in [0.1, 0.15) is 10.7 Å². The molecule has 0 saturated carbocycles. The van der Waals surface area contributed by atoms with Gasteiger partial charge >= 0.3 is 0 Å². The highest BCUT2D eigenvalue weighted by Gasteiger charge is 2.22. The van der Waals surface area contributed by atoms with E-state index in [2.05, 4.69) is 0 Å². The summed E-state index contributed by atoms with van der Waals surface area (Å²) in [7, 11) is -4.29. The molecule has 0 saturated heterocycles. The Hall–Kier alpha value is -1.58. The van der Waals surface area contributed by atoms with Gasteiger partial charge in [0.25, 0.3) is 15.7 Å². The lowest BCUT2D eigenvalue weighted by Crippen LogP contribution is -2.26. The lowest BCUT2D eigenvalue weighted by atomic mass is 10.2. The minimum absolute atomic E-state index is 0.0673. The molecule has 0 heterocycles. The molecule has 9 heteroatoms. The molecule has 0 fully saturated rings. The van der Waals surface area contributed by atoms with Gasteiger partial charge in [0.15, 0.2) is 0 Å². The van der Waals surface area contributed by atoms with E-state index in [1.54, 1.807) is 18.7 Å². The summed E-state index contributed by atoms with van der Waals surface area (Å²) in [5, 5.41) is 10.5. The summed E-state index contributed by atoms with van der Waals surface area (Å²) in [6, 6.07) is 2.23. The summed E-state index contributed by atoms with van der Waals surface area (Å²) in [6.45, 7) is 3.68. The Morgan fingerprint density at radius 3 is 2.63 bits per heavy atom. The highest BCUT2D eigenvalue weighted by Crippen LogP contribution is 2.20. The highest BCUT2D eigenvalue weighted by atomic mass is 32.2. The van der Waals surface area contributed by atoms with Crippen molar-refractivity contribution in [2.45, 2.75) is 18.7 Å². The number of rotatable bonds is 6. The number of halogens is 1. The second-order valence-corrected chi connectivity index (χ2v) is 5.78. The molecule has 0 aliphatic rings. The average Bonchev–Trinajstić information content (AvgIpc) is 2.28. The van der Waals surface area contributed by atoms with Crippen molar-refractivity contribution < 1.29 is 22.6 Å². The Morgan fingerprint density at radius 2 is 2.11 bits per heavy atom. The van der Waals surface area contributed by atoms with E-state index in [0.29, 0.717) is 6.07 Å². The van der Waals surface area contributed by atoms with E-state index >= 15 is 0 Å². The Balaban J connectivity index is 3.00. The second kappa shape index (κ2) is 6.04. The normalized spacial score (nSPS) is 11.8. The Kier molecular flexibility index (Phi) is 4.92. The molecule has 0 bridgehead atoms. The van der Waals surface area contributed by atoms with Gasteiger partial charge in [-0.2, -0.15) is 0 Å². The maximum atomic E-state index is 13.4. The summed E-state index contributed by atoms with van der Waals surface area (Å²) >= 11 is 0. The van der Waals surface area contributed by atoms with Gasteiger partial charge in [0.05, 0.1) is 11.5 Å². The molecule has 106 valence electrons. The van der Waals surface area contributed by atoms with Gasteiger partial charge in [-0.05, 0) is 12.0 Å². The number of nitro groups is 1. The van der Waals surface area contributed by atoms with Crippen LogP contribution in [0.25, 0.3) is 0 Å². The van der Waals surface area contributed by atoms with E-state index < -0.39 is 31.3 Å². The molecule has 0 atom stereocenters. The molecule has 1 aromatic carbocycles. The Labute approximate surface area is 109 Å². The summed E-state index contributed by atoms with van der Waals surface area (Å²) in [4.78, 5) is 15.3. The number of non-ortho nitro benzene ring substituents is 1. The molecule has 0 radical (unpaired) electrons. The smallest absolute Gasteiger partial charge is 0.270 e. The summed E-state index contributed by atoms with van der Waals surface area (Å²) in [5.74, 6) is -1.02. The predicted octanol–water partition coefficient (Wildman–Crippen LogP) is 1.60. The molecular formula is C10H13FN2O5S. The number of hydrogen-bond donors (Lipinski definition) is 1. The molecule has 19 heavy (non-hydrogen) atoms. The maximum absolute atomic E-state index is 13.4. The van der Waals surface area contributed by atoms with Gasteiger partial charge in [0.2, 0.25) is 0 Å². The lowest BCUT2D eigenvalue weighted by molar-refractivity contribution is -0.385. The van der Waals surface area contributed by atoms with Crippen molar-refractivity contribution in [2.75, 3.05) is 6.61 Å². The van der Waals surface area contributed by atoms with Crippen molar-refractivity contribution in [3.8, 4) is 0 Å². The Morgan fingerprint density at radius 1 is 1.47 bits per heavy atom. The van der Waals surface area contributed by atoms with Crippen molar-refractivity contribution in [2.24, 2.45) is 5.92 Å². The molecule has 0 aromatic heterocycles. The van der Waals surface area contributed by atoms with Gasteiger partial charge in [-0.3, -0.25) is 15.0 Å². The summed E-state index contributed by atoms with van der Waals surface area (Å²) in [5.41, 5.74) is -0.523. The van der Waals surface area contributed by atoms with Crippen LogP contribution in [-0.4, -0.2) is 19.9 Å². The van der Waals surface area contributed by atoms with Crippen molar-refractivity contribution in [3.05, 3.63) is 34.1 Å². The molecule has 0 unspecified atom stereocenters. The van der Waals surface area contributed by atoms with E-state index in [1.165, 1.54) is 0 Å². The van der Waals surface area contributed by atoms with E-state index in [0.717, 1.165) is 12.1 Å². The molecule has 0 aliphatic heterocycles. The zero-order valence-electron chi connectivity index (χ0n) is 10.3. The first kappa shape index (κ1) is 15.5. The lowest BCUT2D eigenvalue weighted by Gasteiger charge is -2.09. The number of nitrogens with one attached hydrogen (secondary N) is 1. The maximum Gasteiger partial charge on any atom is 0.270 e. The third-order valence-electron chi connectivity index (χ3n) is 2.00. The topological polar surface area (TPSA) is 98.5 Å². The molecule has 1 aromatic rings. The fraction of sp³-hybridized carbons (Fsp3) is 0.400. The third-order valence-corrected chi connectivity index (χ3v) is 3.23. The van der Waals surface area contributed by atoms with Crippen LogP contribution in [0.2, 0.25) is 0 Å². The number of nitrogens with zero attached hydrogens (tertiary/aromatic N) is 1. The van der Waals surface area contributed by atoms with E-state index in [1.807, 2.05) is 0 Å². The highest BCUT2D eigenvalue weighted by molar-refractivity contribution is 7.89. The van der Waals surface area contributed by atoms with Gasteiger partial charge in [-0.15, -0.1) is 0 Å². The number of nitro benzene ring substituents is 1. The van der Waals surface area contributed by atoms with Gasteiger partial charge < -0.3 is 0 Å². The fourth-order valence-corrected chi connectivity index (χ4v) is 2.05. The minimum atomic E-state index is -4.29.